The lowest BCUT2D eigenvalue weighted by Crippen LogP contribution is -2.14. The number of hydrogen-bond acceptors (Lipinski definition) is 5. The van der Waals surface area contributed by atoms with Crippen LogP contribution in [0.5, 0.6) is 0 Å². The molecule has 6 aromatic rings. The minimum Gasteiger partial charge on any atom is -0.453 e. The summed E-state index contributed by atoms with van der Waals surface area (Å²) in [7, 11) is 0. The first-order valence-electron chi connectivity index (χ1n) is 13.3. The minimum atomic E-state index is -0.00242. The monoisotopic (exact) mass is 547 g/mol. The fraction of sp³-hybridized carbons (Fsp3) is 0. The van der Waals surface area contributed by atoms with Gasteiger partial charge in [-0.05, 0) is 82.9 Å². The Morgan fingerprint density at radius 1 is 0.585 bits per heavy atom. The Kier molecular flexibility index (Phi) is 5.34. The van der Waals surface area contributed by atoms with Crippen molar-refractivity contribution in [3.63, 3.8) is 0 Å². The molecule has 1 aliphatic carbocycles. The first-order chi connectivity index (χ1) is 20.2. The largest absolute Gasteiger partial charge is 0.453 e. The zero-order valence-corrected chi connectivity index (χ0v) is 22.5. The van der Waals surface area contributed by atoms with E-state index in [1.54, 1.807) is 23.9 Å². The summed E-state index contributed by atoms with van der Waals surface area (Å²) in [4.78, 5) is 29.3. The van der Waals surface area contributed by atoms with Crippen LogP contribution in [-0.2, 0) is 0 Å². The summed E-state index contributed by atoms with van der Waals surface area (Å²) in [6, 6.07) is 40.7. The lowest BCUT2D eigenvalue weighted by Gasteiger charge is -2.33. The second kappa shape index (κ2) is 9.22. The SMILES string of the molecule is O=Cc1ccc(-c2ccc3c(c2)C(=O)c2cc(-c4ccc5c(c4)Sc4ccccc4N5c4ccccc4)ccc2-3)o1. The Balaban J connectivity index is 1.17. The summed E-state index contributed by atoms with van der Waals surface area (Å²) < 4.78 is 5.59. The molecule has 1 aliphatic heterocycles. The van der Waals surface area contributed by atoms with Crippen molar-refractivity contribution in [2.75, 3.05) is 4.90 Å². The van der Waals surface area contributed by atoms with Gasteiger partial charge in [0.25, 0.3) is 0 Å². The Bertz CT molecular complexity index is 2020. The average molecular weight is 548 g/mol. The second-order valence-corrected chi connectivity index (χ2v) is 11.2. The van der Waals surface area contributed by atoms with Crippen LogP contribution in [0.1, 0.15) is 26.5 Å². The van der Waals surface area contributed by atoms with Gasteiger partial charge in [-0.1, -0.05) is 72.4 Å². The highest BCUT2D eigenvalue weighted by Crippen LogP contribution is 2.52. The van der Waals surface area contributed by atoms with Crippen molar-refractivity contribution >= 4 is 40.9 Å². The summed E-state index contributed by atoms with van der Waals surface area (Å²) in [6.45, 7) is 0. The van der Waals surface area contributed by atoms with E-state index in [9.17, 15) is 9.59 Å². The van der Waals surface area contributed by atoms with E-state index in [1.165, 1.54) is 10.6 Å². The molecule has 194 valence electrons. The maximum Gasteiger partial charge on any atom is 0.194 e. The molecule has 0 amide bonds. The molecule has 1 aromatic heterocycles. The predicted octanol–water partition coefficient (Wildman–Crippen LogP) is 9.57. The summed E-state index contributed by atoms with van der Waals surface area (Å²) in [5, 5.41) is 0. The number of hydrogen-bond donors (Lipinski definition) is 0. The molecule has 5 heteroatoms. The summed E-state index contributed by atoms with van der Waals surface area (Å²) >= 11 is 1.77. The van der Waals surface area contributed by atoms with Gasteiger partial charge in [-0.25, -0.2) is 0 Å². The molecule has 0 N–H and O–H groups in total. The topological polar surface area (TPSA) is 50.5 Å². The Hall–Kier alpha value is -5.13. The number of aldehydes is 1. The minimum absolute atomic E-state index is 0.00242. The van der Waals surface area contributed by atoms with Crippen molar-refractivity contribution in [1.29, 1.82) is 0 Å². The third-order valence-electron chi connectivity index (χ3n) is 7.72. The summed E-state index contributed by atoms with van der Waals surface area (Å²) in [5.74, 6) is 0.827. The van der Waals surface area contributed by atoms with Gasteiger partial charge in [-0.3, -0.25) is 9.59 Å². The predicted molar refractivity (Wildman–Crippen MR) is 163 cm³/mol. The van der Waals surface area contributed by atoms with Gasteiger partial charge in [0, 0.05) is 32.2 Å². The quantitative estimate of drug-likeness (QED) is 0.205. The van der Waals surface area contributed by atoms with Gasteiger partial charge < -0.3 is 9.32 Å². The van der Waals surface area contributed by atoms with Crippen molar-refractivity contribution in [3.8, 4) is 33.6 Å². The Labute approximate surface area is 240 Å². The van der Waals surface area contributed by atoms with Crippen LogP contribution >= 0.6 is 11.8 Å². The number of benzene rings is 5. The first kappa shape index (κ1) is 23.7. The van der Waals surface area contributed by atoms with Gasteiger partial charge in [-0.2, -0.15) is 0 Å². The zero-order valence-electron chi connectivity index (χ0n) is 21.7. The van der Waals surface area contributed by atoms with Gasteiger partial charge in [0.15, 0.2) is 17.8 Å². The van der Waals surface area contributed by atoms with E-state index in [2.05, 4.69) is 77.7 Å². The number of carbonyl (C=O) groups excluding carboxylic acids is 2. The van der Waals surface area contributed by atoms with Crippen molar-refractivity contribution in [2.45, 2.75) is 9.79 Å². The van der Waals surface area contributed by atoms with Gasteiger partial charge >= 0.3 is 0 Å². The van der Waals surface area contributed by atoms with Crippen molar-refractivity contribution in [3.05, 3.63) is 138 Å². The molecule has 0 saturated heterocycles. The standard InChI is InChI=1S/C36H21NO3S/c38-21-26-13-17-33(40-26)24-11-15-28-27-14-10-22(18-29(27)36(39)30(28)19-24)23-12-16-32-35(20-23)41-34-9-5-4-8-31(34)37(32)25-6-2-1-3-7-25/h1-21H. The number of furan rings is 1. The molecule has 2 aliphatic rings. The second-order valence-electron chi connectivity index (χ2n) is 10.1. The van der Waals surface area contributed by atoms with Crippen LogP contribution in [0.2, 0.25) is 0 Å². The molecule has 5 aromatic carbocycles. The number of fused-ring (bicyclic) bond motifs is 5. The molecule has 0 bridgehead atoms. The molecule has 41 heavy (non-hydrogen) atoms. The van der Waals surface area contributed by atoms with Crippen LogP contribution in [0.25, 0.3) is 33.6 Å². The lowest BCUT2D eigenvalue weighted by molar-refractivity contribution is 0.104. The Morgan fingerprint density at radius 3 is 2.02 bits per heavy atom. The summed E-state index contributed by atoms with van der Waals surface area (Å²) in [6.07, 6.45) is 0.677. The molecule has 0 saturated carbocycles. The highest BCUT2D eigenvalue weighted by atomic mass is 32.2. The number of carbonyl (C=O) groups is 2. The molecule has 4 nitrogen and oxygen atoms in total. The van der Waals surface area contributed by atoms with Gasteiger partial charge in [0.2, 0.25) is 0 Å². The van der Waals surface area contributed by atoms with E-state index >= 15 is 0 Å². The van der Waals surface area contributed by atoms with Crippen LogP contribution in [0.4, 0.5) is 17.1 Å². The fourth-order valence-electron chi connectivity index (χ4n) is 5.78. The van der Waals surface area contributed by atoms with Gasteiger partial charge in [0.05, 0.1) is 11.4 Å². The maximum atomic E-state index is 13.6. The molecule has 2 heterocycles. The first-order valence-corrected chi connectivity index (χ1v) is 14.1. The van der Waals surface area contributed by atoms with Crippen LogP contribution in [0.3, 0.4) is 0 Å². The fourth-order valence-corrected chi connectivity index (χ4v) is 6.87. The van der Waals surface area contributed by atoms with Crippen LogP contribution in [-0.4, -0.2) is 12.1 Å². The number of rotatable bonds is 4. The molecule has 0 fully saturated rings. The molecule has 0 radical (unpaired) electrons. The Morgan fingerprint density at radius 2 is 1.24 bits per heavy atom. The third-order valence-corrected chi connectivity index (χ3v) is 8.83. The summed E-state index contributed by atoms with van der Waals surface area (Å²) in [5.41, 5.74) is 9.45. The number of anilines is 3. The van der Waals surface area contributed by atoms with E-state index in [0.29, 0.717) is 23.2 Å². The highest BCUT2D eigenvalue weighted by molar-refractivity contribution is 7.99. The van der Waals surface area contributed by atoms with Crippen LogP contribution in [0, 0.1) is 0 Å². The average Bonchev–Trinajstić information content (AvgIpc) is 3.62. The molecular weight excluding hydrogens is 526 g/mol. The van der Waals surface area contributed by atoms with E-state index in [4.69, 9.17) is 4.42 Å². The highest BCUT2D eigenvalue weighted by Gasteiger charge is 2.29. The van der Waals surface area contributed by atoms with Crippen molar-refractivity contribution < 1.29 is 14.0 Å². The molecule has 8 rings (SSSR count). The van der Waals surface area contributed by atoms with E-state index < -0.39 is 0 Å². The molecular formula is C36H21NO3S. The van der Waals surface area contributed by atoms with Crippen molar-refractivity contribution in [2.24, 2.45) is 0 Å². The normalized spacial score (nSPS) is 12.9. The van der Waals surface area contributed by atoms with E-state index in [-0.39, 0.29) is 11.5 Å². The number of nitrogens with zero attached hydrogens (tertiary/aromatic N) is 1. The third kappa shape index (κ3) is 3.78. The van der Waals surface area contributed by atoms with Gasteiger partial charge in [0.1, 0.15) is 5.76 Å². The smallest absolute Gasteiger partial charge is 0.194 e. The van der Waals surface area contributed by atoms with Crippen LogP contribution < -0.4 is 4.90 Å². The number of para-hydroxylation sites is 2. The van der Waals surface area contributed by atoms with E-state index in [1.807, 2.05) is 36.4 Å². The maximum absolute atomic E-state index is 13.6. The van der Waals surface area contributed by atoms with Crippen LogP contribution in [0.15, 0.2) is 136 Å². The zero-order chi connectivity index (χ0) is 27.5. The molecule has 0 atom stereocenters. The van der Waals surface area contributed by atoms with Crippen molar-refractivity contribution in [1.82, 2.24) is 0 Å². The van der Waals surface area contributed by atoms with Gasteiger partial charge in [-0.15, -0.1) is 0 Å². The number of ketones is 1. The molecule has 0 spiro atoms. The lowest BCUT2D eigenvalue weighted by atomic mass is 9.98. The van der Waals surface area contributed by atoms with E-state index in [0.717, 1.165) is 44.1 Å². The molecule has 0 unspecified atom stereocenters.